The number of rotatable bonds is 3. The highest BCUT2D eigenvalue weighted by molar-refractivity contribution is 14.1. The monoisotopic (exact) mass is 329 g/mol. The number of nitrogens with zero attached hydrogens (tertiary/aromatic N) is 1. The number of aromatic nitrogens is 2. The number of ether oxygens (including phenoxy) is 1. The summed E-state index contributed by atoms with van der Waals surface area (Å²) in [4.78, 5) is 0. The standard InChI is InChI=1S/C11H12IN3O/c1-2-16-8-6-4-3-5-7(8)10-9(12)11(13)15-14-10/h3-6H,2H2,1H3,(H3,13,14,15). The first-order valence-corrected chi connectivity index (χ1v) is 6.03. The summed E-state index contributed by atoms with van der Waals surface area (Å²) in [6, 6.07) is 7.83. The summed E-state index contributed by atoms with van der Waals surface area (Å²) < 4.78 is 6.48. The predicted molar refractivity (Wildman–Crippen MR) is 72.3 cm³/mol. The first-order valence-electron chi connectivity index (χ1n) is 4.95. The molecule has 0 aliphatic carbocycles. The van der Waals surface area contributed by atoms with Crippen molar-refractivity contribution in [1.29, 1.82) is 0 Å². The molecule has 0 aliphatic rings. The van der Waals surface area contributed by atoms with Gasteiger partial charge in [-0.05, 0) is 41.6 Å². The van der Waals surface area contributed by atoms with Gasteiger partial charge >= 0.3 is 0 Å². The summed E-state index contributed by atoms with van der Waals surface area (Å²) >= 11 is 2.17. The molecule has 16 heavy (non-hydrogen) atoms. The number of anilines is 1. The quantitative estimate of drug-likeness (QED) is 0.851. The zero-order valence-corrected chi connectivity index (χ0v) is 11.0. The number of nitrogens with two attached hydrogens (primary N) is 1. The molecule has 5 heteroatoms. The molecular weight excluding hydrogens is 317 g/mol. The zero-order chi connectivity index (χ0) is 11.5. The van der Waals surface area contributed by atoms with Crippen LogP contribution in [0.15, 0.2) is 24.3 Å². The fourth-order valence-electron chi connectivity index (χ4n) is 1.48. The third-order valence-electron chi connectivity index (χ3n) is 2.19. The van der Waals surface area contributed by atoms with Crippen molar-refractivity contribution in [3.63, 3.8) is 0 Å². The molecule has 4 nitrogen and oxygen atoms in total. The molecule has 0 saturated heterocycles. The lowest BCUT2D eigenvalue weighted by Crippen LogP contribution is -1.94. The number of nitrogen functional groups attached to an aromatic ring is 1. The van der Waals surface area contributed by atoms with Crippen molar-refractivity contribution in [3.8, 4) is 17.0 Å². The number of H-pyrrole nitrogens is 1. The van der Waals surface area contributed by atoms with Gasteiger partial charge in [0.05, 0.1) is 15.9 Å². The Morgan fingerprint density at radius 1 is 1.44 bits per heavy atom. The molecule has 0 unspecified atom stereocenters. The molecule has 1 aromatic carbocycles. The number of aromatic amines is 1. The molecule has 0 saturated carbocycles. The third-order valence-corrected chi connectivity index (χ3v) is 3.28. The molecule has 1 heterocycles. The van der Waals surface area contributed by atoms with Gasteiger partial charge in [0.15, 0.2) is 5.82 Å². The van der Waals surface area contributed by atoms with E-state index in [1.54, 1.807) is 0 Å². The number of halogens is 1. The molecule has 0 bridgehead atoms. The second-order valence-electron chi connectivity index (χ2n) is 3.23. The normalized spacial score (nSPS) is 10.4. The van der Waals surface area contributed by atoms with E-state index in [1.807, 2.05) is 31.2 Å². The van der Waals surface area contributed by atoms with Gasteiger partial charge in [0.25, 0.3) is 0 Å². The molecule has 0 amide bonds. The van der Waals surface area contributed by atoms with Crippen LogP contribution in [0, 0.1) is 3.57 Å². The van der Waals surface area contributed by atoms with Crippen molar-refractivity contribution in [3.05, 3.63) is 27.8 Å². The number of hydrogen-bond donors (Lipinski definition) is 2. The van der Waals surface area contributed by atoms with Gasteiger partial charge in [0.1, 0.15) is 5.75 Å². The van der Waals surface area contributed by atoms with Crippen LogP contribution in [0.25, 0.3) is 11.3 Å². The van der Waals surface area contributed by atoms with Crippen molar-refractivity contribution in [2.45, 2.75) is 6.92 Å². The molecule has 1 aromatic heterocycles. The van der Waals surface area contributed by atoms with E-state index in [9.17, 15) is 0 Å². The number of benzene rings is 1. The van der Waals surface area contributed by atoms with E-state index in [0.717, 1.165) is 20.6 Å². The van der Waals surface area contributed by atoms with Gasteiger partial charge in [-0.3, -0.25) is 5.10 Å². The summed E-state index contributed by atoms with van der Waals surface area (Å²) in [5.74, 6) is 1.36. The Bertz CT molecular complexity index is 496. The molecular formula is C11H12IN3O. The molecule has 0 spiro atoms. The predicted octanol–water partition coefficient (Wildman–Crippen LogP) is 2.66. The average Bonchev–Trinajstić information content (AvgIpc) is 2.61. The lowest BCUT2D eigenvalue weighted by molar-refractivity contribution is 0.341. The summed E-state index contributed by atoms with van der Waals surface area (Å²) in [5, 5.41) is 6.91. The lowest BCUT2D eigenvalue weighted by atomic mass is 10.1. The Morgan fingerprint density at radius 2 is 2.19 bits per heavy atom. The van der Waals surface area contributed by atoms with Crippen LogP contribution in [0.4, 0.5) is 5.82 Å². The average molecular weight is 329 g/mol. The fraction of sp³-hybridized carbons (Fsp3) is 0.182. The minimum absolute atomic E-state index is 0.516. The minimum atomic E-state index is 0.516. The zero-order valence-electron chi connectivity index (χ0n) is 8.83. The van der Waals surface area contributed by atoms with Crippen LogP contribution >= 0.6 is 22.6 Å². The van der Waals surface area contributed by atoms with Gasteiger partial charge in [-0.15, -0.1) is 0 Å². The largest absolute Gasteiger partial charge is 0.493 e. The molecule has 84 valence electrons. The van der Waals surface area contributed by atoms with Crippen molar-refractivity contribution in [2.24, 2.45) is 0 Å². The maximum absolute atomic E-state index is 5.71. The fourth-order valence-corrected chi connectivity index (χ4v) is 2.01. The highest BCUT2D eigenvalue weighted by Crippen LogP contribution is 2.33. The SMILES string of the molecule is CCOc1ccccc1-c1[nH]nc(N)c1I. The van der Waals surface area contributed by atoms with E-state index in [1.165, 1.54) is 0 Å². The van der Waals surface area contributed by atoms with Crippen LogP contribution in [-0.4, -0.2) is 16.8 Å². The van der Waals surface area contributed by atoms with Gasteiger partial charge in [-0.25, -0.2) is 0 Å². The van der Waals surface area contributed by atoms with Crippen LogP contribution in [-0.2, 0) is 0 Å². The van der Waals surface area contributed by atoms with E-state index in [-0.39, 0.29) is 0 Å². The third kappa shape index (κ3) is 1.99. The van der Waals surface area contributed by atoms with Crippen LogP contribution in [0.2, 0.25) is 0 Å². The molecule has 0 atom stereocenters. The van der Waals surface area contributed by atoms with Gasteiger partial charge < -0.3 is 10.5 Å². The maximum atomic E-state index is 5.71. The van der Waals surface area contributed by atoms with Crippen molar-refractivity contribution in [1.82, 2.24) is 10.2 Å². The van der Waals surface area contributed by atoms with Crippen LogP contribution in [0.3, 0.4) is 0 Å². The van der Waals surface area contributed by atoms with Crippen molar-refractivity contribution < 1.29 is 4.74 Å². The first-order chi connectivity index (χ1) is 7.74. The summed E-state index contributed by atoms with van der Waals surface area (Å²) in [6.45, 7) is 2.60. The smallest absolute Gasteiger partial charge is 0.159 e. The van der Waals surface area contributed by atoms with Crippen molar-refractivity contribution in [2.75, 3.05) is 12.3 Å². The highest BCUT2D eigenvalue weighted by Gasteiger charge is 2.13. The molecule has 0 aliphatic heterocycles. The van der Waals surface area contributed by atoms with Gasteiger partial charge in [-0.1, -0.05) is 12.1 Å². The highest BCUT2D eigenvalue weighted by atomic mass is 127. The van der Waals surface area contributed by atoms with E-state index in [2.05, 4.69) is 32.8 Å². The van der Waals surface area contributed by atoms with Gasteiger partial charge in [-0.2, -0.15) is 5.10 Å². The first kappa shape index (κ1) is 11.3. The number of hydrogen-bond acceptors (Lipinski definition) is 3. The number of para-hydroxylation sites is 1. The second-order valence-corrected chi connectivity index (χ2v) is 4.31. The topological polar surface area (TPSA) is 63.9 Å². The molecule has 0 fully saturated rings. The summed E-state index contributed by atoms with van der Waals surface area (Å²) in [7, 11) is 0. The van der Waals surface area contributed by atoms with E-state index in [0.29, 0.717) is 12.4 Å². The molecule has 2 aromatic rings. The second kappa shape index (κ2) is 4.73. The Hall–Kier alpha value is -1.24. The van der Waals surface area contributed by atoms with E-state index in [4.69, 9.17) is 10.5 Å². The Balaban J connectivity index is 2.51. The minimum Gasteiger partial charge on any atom is -0.493 e. The van der Waals surface area contributed by atoms with Crippen molar-refractivity contribution >= 4 is 28.4 Å². The van der Waals surface area contributed by atoms with Crippen LogP contribution in [0.1, 0.15) is 6.92 Å². The van der Waals surface area contributed by atoms with E-state index >= 15 is 0 Å². The molecule has 0 radical (unpaired) electrons. The summed E-state index contributed by atoms with van der Waals surface area (Å²) in [6.07, 6.45) is 0. The Labute approximate surface area is 107 Å². The molecule has 3 N–H and O–H groups in total. The summed E-state index contributed by atoms with van der Waals surface area (Å²) in [5.41, 5.74) is 7.60. The van der Waals surface area contributed by atoms with Crippen LogP contribution in [0.5, 0.6) is 5.75 Å². The van der Waals surface area contributed by atoms with E-state index < -0.39 is 0 Å². The lowest BCUT2D eigenvalue weighted by Gasteiger charge is -2.08. The van der Waals surface area contributed by atoms with Gasteiger partial charge in [0, 0.05) is 5.56 Å². The Kier molecular flexibility index (Phi) is 3.33. The maximum Gasteiger partial charge on any atom is 0.159 e. The Morgan fingerprint density at radius 3 is 2.81 bits per heavy atom. The van der Waals surface area contributed by atoms with Gasteiger partial charge in [0.2, 0.25) is 0 Å². The number of nitrogens with one attached hydrogen (secondary N) is 1. The molecule has 2 rings (SSSR count). The van der Waals surface area contributed by atoms with Crippen LogP contribution < -0.4 is 10.5 Å².